The topological polar surface area (TPSA) is 58.6 Å². The molecule has 1 aliphatic carbocycles. The van der Waals surface area contributed by atoms with Gasteiger partial charge in [-0.3, -0.25) is 4.79 Å². The molecule has 2 aliphatic rings. The summed E-state index contributed by atoms with van der Waals surface area (Å²) in [5.41, 5.74) is 1.14. The summed E-state index contributed by atoms with van der Waals surface area (Å²) in [6.45, 7) is 2.83. The molecule has 2 aromatic rings. The van der Waals surface area contributed by atoms with Crippen LogP contribution in [0.1, 0.15) is 31.3 Å². The van der Waals surface area contributed by atoms with Gasteiger partial charge >= 0.3 is 0 Å². The van der Waals surface area contributed by atoms with Crippen molar-refractivity contribution in [3.05, 3.63) is 41.1 Å². The van der Waals surface area contributed by atoms with Crippen LogP contribution in [0.2, 0.25) is 0 Å². The van der Waals surface area contributed by atoms with Gasteiger partial charge in [-0.2, -0.15) is 0 Å². The molecule has 1 aromatic heterocycles. The van der Waals surface area contributed by atoms with Crippen LogP contribution in [0.5, 0.6) is 5.75 Å². The second kappa shape index (κ2) is 8.55. The lowest BCUT2D eigenvalue weighted by atomic mass is 9.80. The maximum Gasteiger partial charge on any atom is 0.249 e. The van der Waals surface area contributed by atoms with Crippen molar-refractivity contribution in [2.75, 3.05) is 30.1 Å². The van der Waals surface area contributed by atoms with Gasteiger partial charge in [-0.1, -0.05) is 0 Å². The van der Waals surface area contributed by atoms with Crippen molar-refractivity contribution in [1.82, 2.24) is 9.97 Å². The zero-order valence-electron chi connectivity index (χ0n) is 18.0. The summed E-state index contributed by atoms with van der Waals surface area (Å²) in [4.78, 5) is 25.0. The first-order valence-electron chi connectivity index (χ1n) is 10.5. The summed E-state index contributed by atoms with van der Waals surface area (Å²) in [7, 11) is 1.78. The highest BCUT2D eigenvalue weighted by Crippen LogP contribution is 2.38. The fraction of sp³-hybridized carbons (Fsp3) is 0.500. The molecule has 0 radical (unpaired) electrons. The SMILES string of the molecule is Cc1nc(CC2CC(Oc3cc(F)c(F)c(F)c3)C2)nc2c1N(CCF)C(=O)[C@H](C)N2C. The number of halogens is 4. The first-order chi connectivity index (χ1) is 15.2. The number of aromatic nitrogens is 2. The van der Waals surface area contributed by atoms with Crippen molar-refractivity contribution < 1.29 is 27.1 Å². The van der Waals surface area contributed by atoms with Crippen molar-refractivity contribution >= 4 is 17.4 Å². The predicted octanol–water partition coefficient (Wildman–Crippen LogP) is 3.74. The number of amides is 1. The Labute approximate surface area is 183 Å². The molecule has 172 valence electrons. The van der Waals surface area contributed by atoms with Gasteiger partial charge in [-0.15, -0.1) is 0 Å². The molecular formula is C22H24F4N4O2. The summed E-state index contributed by atoms with van der Waals surface area (Å²) >= 11 is 0. The Morgan fingerprint density at radius 2 is 1.81 bits per heavy atom. The van der Waals surface area contributed by atoms with Gasteiger partial charge in [0, 0.05) is 25.6 Å². The lowest BCUT2D eigenvalue weighted by Gasteiger charge is -2.39. The number of alkyl halides is 1. The van der Waals surface area contributed by atoms with Crippen molar-refractivity contribution in [3.63, 3.8) is 0 Å². The van der Waals surface area contributed by atoms with Gasteiger partial charge in [0.1, 0.15) is 30.0 Å². The Bertz CT molecular complexity index is 1020. The second-order valence-corrected chi connectivity index (χ2v) is 8.35. The molecule has 1 saturated carbocycles. The average molecular weight is 452 g/mol. The van der Waals surface area contributed by atoms with E-state index in [1.807, 2.05) is 0 Å². The second-order valence-electron chi connectivity index (χ2n) is 8.35. The molecule has 2 heterocycles. The van der Waals surface area contributed by atoms with Gasteiger partial charge in [-0.05, 0) is 32.6 Å². The smallest absolute Gasteiger partial charge is 0.249 e. The van der Waals surface area contributed by atoms with E-state index in [0.29, 0.717) is 42.3 Å². The Morgan fingerprint density at radius 3 is 2.44 bits per heavy atom. The van der Waals surface area contributed by atoms with Gasteiger partial charge in [0.15, 0.2) is 23.3 Å². The minimum absolute atomic E-state index is 0.0419. The molecule has 6 nitrogen and oxygen atoms in total. The molecule has 1 fully saturated rings. The highest BCUT2D eigenvalue weighted by molar-refractivity contribution is 6.05. The summed E-state index contributed by atoms with van der Waals surface area (Å²) in [5, 5.41) is 0. The predicted molar refractivity (Wildman–Crippen MR) is 110 cm³/mol. The molecule has 4 rings (SSSR count). The molecule has 1 atom stereocenters. The molecular weight excluding hydrogens is 428 g/mol. The monoisotopic (exact) mass is 452 g/mol. The van der Waals surface area contributed by atoms with Gasteiger partial charge in [0.2, 0.25) is 5.91 Å². The van der Waals surface area contributed by atoms with E-state index in [2.05, 4.69) is 9.97 Å². The Hall–Kier alpha value is -2.91. The number of aryl methyl sites for hydroxylation is 1. The number of ether oxygens (including phenoxy) is 1. The van der Waals surface area contributed by atoms with E-state index in [1.54, 1.807) is 25.8 Å². The number of hydrogen-bond acceptors (Lipinski definition) is 5. The fourth-order valence-electron chi connectivity index (χ4n) is 4.24. The Morgan fingerprint density at radius 1 is 1.16 bits per heavy atom. The number of hydrogen-bond donors (Lipinski definition) is 0. The van der Waals surface area contributed by atoms with Crippen LogP contribution < -0.4 is 14.5 Å². The Kier molecular flexibility index (Phi) is 5.96. The molecule has 0 N–H and O–H groups in total. The third-order valence-electron chi connectivity index (χ3n) is 6.13. The minimum Gasteiger partial charge on any atom is -0.490 e. The van der Waals surface area contributed by atoms with Crippen LogP contribution in [0.3, 0.4) is 0 Å². The molecule has 32 heavy (non-hydrogen) atoms. The summed E-state index contributed by atoms with van der Waals surface area (Å²) in [6, 6.07) is 1.21. The van der Waals surface area contributed by atoms with Crippen LogP contribution in [0.4, 0.5) is 29.1 Å². The van der Waals surface area contributed by atoms with Gasteiger partial charge in [0.05, 0.1) is 18.3 Å². The molecule has 1 aromatic carbocycles. The minimum atomic E-state index is -1.52. The van der Waals surface area contributed by atoms with Gasteiger partial charge in [0.25, 0.3) is 0 Å². The van der Waals surface area contributed by atoms with Crippen LogP contribution in [0, 0.1) is 30.3 Å². The third-order valence-corrected chi connectivity index (χ3v) is 6.13. The van der Waals surface area contributed by atoms with Gasteiger partial charge < -0.3 is 14.5 Å². The summed E-state index contributed by atoms with van der Waals surface area (Å²) in [6.07, 6.45) is 1.61. The number of anilines is 2. The zero-order chi connectivity index (χ0) is 23.2. The number of rotatable bonds is 6. The van der Waals surface area contributed by atoms with Crippen molar-refractivity contribution in [3.8, 4) is 5.75 Å². The molecule has 1 aliphatic heterocycles. The van der Waals surface area contributed by atoms with Crippen LogP contribution in [-0.2, 0) is 11.2 Å². The number of carbonyl (C=O) groups is 1. The van der Waals surface area contributed by atoms with E-state index in [9.17, 15) is 22.4 Å². The van der Waals surface area contributed by atoms with E-state index in [1.165, 1.54) is 4.90 Å². The lowest BCUT2D eigenvalue weighted by Crippen LogP contribution is -2.52. The maximum absolute atomic E-state index is 13.4. The van der Waals surface area contributed by atoms with Crippen LogP contribution in [0.15, 0.2) is 12.1 Å². The summed E-state index contributed by atoms with van der Waals surface area (Å²) in [5.74, 6) is -2.91. The molecule has 0 spiro atoms. The number of fused-ring (bicyclic) bond motifs is 1. The first kappa shape index (κ1) is 22.3. The van der Waals surface area contributed by atoms with Crippen molar-refractivity contribution in [2.45, 2.75) is 45.3 Å². The van der Waals surface area contributed by atoms with Crippen LogP contribution >= 0.6 is 0 Å². The first-order valence-corrected chi connectivity index (χ1v) is 10.5. The van der Waals surface area contributed by atoms with E-state index in [0.717, 1.165) is 12.1 Å². The normalized spacial score (nSPS) is 22.6. The Balaban J connectivity index is 1.44. The van der Waals surface area contributed by atoms with E-state index in [-0.39, 0.29) is 30.2 Å². The number of benzene rings is 1. The number of likely N-dealkylation sites (N-methyl/N-ethyl adjacent to an activating group) is 1. The molecule has 0 bridgehead atoms. The zero-order valence-corrected chi connectivity index (χ0v) is 18.0. The van der Waals surface area contributed by atoms with E-state index < -0.39 is 30.2 Å². The van der Waals surface area contributed by atoms with Crippen molar-refractivity contribution in [1.29, 1.82) is 0 Å². The van der Waals surface area contributed by atoms with Crippen LogP contribution in [0.25, 0.3) is 0 Å². The fourth-order valence-corrected chi connectivity index (χ4v) is 4.24. The average Bonchev–Trinajstić information content (AvgIpc) is 2.72. The van der Waals surface area contributed by atoms with Crippen LogP contribution in [-0.4, -0.2) is 48.3 Å². The number of carbonyl (C=O) groups excluding carboxylic acids is 1. The lowest BCUT2D eigenvalue weighted by molar-refractivity contribution is -0.119. The highest BCUT2D eigenvalue weighted by atomic mass is 19.2. The molecule has 0 unspecified atom stereocenters. The molecule has 10 heteroatoms. The van der Waals surface area contributed by atoms with Gasteiger partial charge in [-0.25, -0.2) is 27.5 Å². The maximum atomic E-state index is 13.4. The third kappa shape index (κ3) is 3.98. The standard InChI is InChI=1S/C22H24F4N4O2/c1-11-20-21(29(3)12(2)22(31)30(20)5-4-23)28-18(27-11)8-13-6-14(7-13)32-15-9-16(24)19(26)17(25)10-15/h9-10,12-14H,4-8H2,1-3H3/t12-,13?,14?/m0/s1. The molecule has 1 amide bonds. The summed E-state index contributed by atoms with van der Waals surface area (Å²) < 4.78 is 58.4. The largest absolute Gasteiger partial charge is 0.490 e. The number of nitrogens with zero attached hydrogens (tertiary/aromatic N) is 4. The quantitative estimate of drug-likeness (QED) is 0.494. The highest BCUT2D eigenvalue weighted by Gasteiger charge is 2.37. The van der Waals surface area contributed by atoms with E-state index in [4.69, 9.17) is 4.74 Å². The molecule has 0 saturated heterocycles. The van der Waals surface area contributed by atoms with Crippen molar-refractivity contribution in [2.24, 2.45) is 5.92 Å². The van der Waals surface area contributed by atoms with E-state index >= 15 is 0 Å².